The minimum absolute atomic E-state index is 0.101. The number of ether oxygens (including phenoxy) is 1. The lowest BCUT2D eigenvalue weighted by atomic mass is 9.69. The van der Waals surface area contributed by atoms with Crippen LogP contribution in [-0.2, 0) is 17.5 Å². The van der Waals surface area contributed by atoms with Gasteiger partial charge in [0, 0.05) is 7.11 Å². The maximum atomic E-state index is 12.8. The Morgan fingerprint density at radius 1 is 1.23 bits per heavy atom. The van der Waals surface area contributed by atoms with Crippen LogP contribution >= 0.6 is 0 Å². The molecule has 5 heteroatoms. The molecule has 1 aromatic carbocycles. The Bertz CT molecular complexity index is 505. The second kappa shape index (κ2) is 6.59. The largest absolute Gasteiger partial charge is 0.416 e. The smallest absolute Gasteiger partial charge is 0.392 e. The molecule has 0 amide bonds. The van der Waals surface area contributed by atoms with Gasteiger partial charge in [-0.15, -0.1) is 0 Å². The fourth-order valence-electron chi connectivity index (χ4n) is 3.58. The molecule has 1 aromatic rings. The highest BCUT2D eigenvalue weighted by molar-refractivity contribution is 5.35. The van der Waals surface area contributed by atoms with E-state index in [-0.39, 0.29) is 11.5 Å². The van der Waals surface area contributed by atoms with Crippen molar-refractivity contribution < 1.29 is 23.0 Å². The fourth-order valence-corrected chi connectivity index (χ4v) is 3.58. The summed E-state index contributed by atoms with van der Waals surface area (Å²) in [6.45, 7) is 1.70. The van der Waals surface area contributed by atoms with E-state index in [9.17, 15) is 18.3 Å². The van der Waals surface area contributed by atoms with E-state index in [2.05, 4.69) is 6.92 Å². The maximum absolute atomic E-state index is 12.8. The average molecular weight is 316 g/mol. The van der Waals surface area contributed by atoms with Gasteiger partial charge in [-0.25, -0.2) is 0 Å². The molecule has 1 N–H and O–H groups in total. The van der Waals surface area contributed by atoms with Gasteiger partial charge in [0.2, 0.25) is 0 Å². The molecule has 1 aliphatic rings. The SMILES string of the molecule is COC(c1ccc(C(F)(F)F)cc1CO)C1(C)CCCCC1. The Hall–Kier alpha value is -1.07. The van der Waals surface area contributed by atoms with Gasteiger partial charge in [0.1, 0.15) is 0 Å². The van der Waals surface area contributed by atoms with Crippen LogP contribution in [0.25, 0.3) is 0 Å². The lowest BCUT2D eigenvalue weighted by Crippen LogP contribution is -2.30. The summed E-state index contributed by atoms with van der Waals surface area (Å²) in [6.07, 6.45) is 0.661. The number of rotatable bonds is 4. The molecule has 1 aliphatic carbocycles. The molecule has 1 saturated carbocycles. The van der Waals surface area contributed by atoms with E-state index < -0.39 is 18.3 Å². The quantitative estimate of drug-likeness (QED) is 0.860. The van der Waals surface area contributed by atoms with Crippen molar-refractivity contribution in [3.8, 4) is 0 Å². The molecular formula is C17H23F3O2. The van der Waals surface area contributed by atoms with Crippen molar-refractivity contribution >= 4 is 0 Å². The lowest BCUT2D eigenvalue weighted by molar-refractivity contribution is -0.137. The number of benzene rings is 1. The summed E-state index contributed by atoms with van der Waals surface area (Å²) in [6, 6.07) is 3.57. The van der Waals surface area contributed by atoms with Gasteiger partial charge in [0.05, 0.1) is 18.3 Å². The number of aliphatic hydroxyl groups is 1. The van der Waals surface area contributed by atoms with E-state index in [1.165, 1.54) is 12.5 Å². The van der Waals surface area contributed by atoms with Gasteiger partial charge in [-0.3, -0.25) is 0 Å². The zero-order valence-corrected chi connectivity index (χ0v) is 13.0. The van der Waals surface area contributed by atoms with Crippen molar-refractivity contribution in [1.82, 2.24) is 0 Å². The normalized spacial score (nSPS) is 19.9. The summed E-state index contributed by atoms with van der Waals surface area (Å²) in [4.78, 5) is 0. The van der Waals surface area contributed by atoms with E-state index in [1.807, 2.05) is 0 Å². The molecule has 2 nitrogen and oxygen atoms in total. The van der Waals surface area contributed by atoms with Crippen LogP contribution in [0.5, 0.6) is 0 Å². The molecular weight excluding hydrogens is 293 g/mol. The third-order valence-electron chi connectivity index (χ3n) is 4.79. The van der Waals surface area contributed by atoms with Crippen LogP contribution in [0.15, 0.2) is 18.2 Å². The molecule has 1 unspecified atom stereocenters. The first-order chi connectivity index (χ1) is 10.3. The molecule has 2 rings (SSSR count). The van der Waals surface area contributed by atoms with Crippen molar-refractivity contribution in [3.63, 3.8) is 0 Å². The maximum Gasteiger partial charge on any atom is 0.416 e. The molecule has 0 aromatic heterocycles. The van der Waals surface area contributed by atoms with Crippen LogP contribution < -0.4 is 0 Å². The van der Waals surface area contributed by atoms with Gasteiger partial charge in [0.15, 0.2) is 0 Å². The van der Waals surface area contributed by atoms with Crippen molar-refractivity contribution in [1.29, 1.82) is 0 Å². The van der Waals surface area contributed by atoms with Crippen LogP contribution in [0.2, 0.25) is 0 Å². The minimum Gasteiger partial charge on any atom is -0.392 e. The van der Waals surface area contributed by atoms with Gasteiger partial charge in [-0.05, 0) is 41.5 Å². The molecule has 1 fully saturated rings. The summed E-state index contributed by atoms with van der Waals surface area (Å²) in [7, 11) is 1.59. The zero-order chi connectivity index (χ0) is 16.4. The van der Waals surface area contributed by atoms with Crippen molar-refractivity contribution in [2.45, 2.75) is 57.9 Å². The number of halogens is 3. The summed E-state index contributed by atoms with van der Waals surface area (Å²) in [5, 5.41) is 9.51. The number of hydrogen-bond acceptors (Lipinski definition) is 2. The highest BCUT2D eigenvalue weighted by Crippen LogP contribution is 2.48. The zero-order valence-electron chi connectivity index (χ0n) is 13.0. The van der Waals surface area contributed by atoms with Crippen molar-refractivity contribution in [2.24, 2.45) is 5.41 Å². The third kappa shape index (κ3) is 3.46. The fraction of sp³-hybridized carbons (Fsp3) is 0.647. The first-order valence-corrected chi connectivity index (χ1v) is 7.65. The molecule has 0 radical (unpaired) electrons. The Balaban J connectivity index is 2.40. The Morgan fingerprint density at radius 3 is 2.36 bits per heavy atom. The summed E-state index contributed by atoms with van der Waals surface area (Å²) >= 11 is 0. The predicted octanol–water partition coefficient (Wildman–Crippen LogP) is 4.86. The molecule has 0 heterocycles. The van der Waals surface area contributed by atoms with Crippen molar-refractivity contribution in [2.75, 3.05) is 7.11 Å². The first kappa shape index (κ1) is 17.3. The van der Waals surface area contributed by atoms with E-state index in [0.717, 1.165) is 37.8 Å². The molecule has 0 saturated heterocycles. The molecule has 1 atom stereocenters. The van der Waals surface area contributed by atoms with E-state index >= 15 is 0 Å². The van der Waals surface area contributed by atoms with Gasteiger partial charge in [-0.2, -0.15) is 13.2 Å². The number of alkyl halides is 3. The second-order valence-electron chi connectivity index (χ2n) is 6.40. The molecule has 124 valence electrons. The minimum atomic E-state index is -4.40. The first-order valence-electron chi connectivity index (χ1n) is 7.65. The Labute approximate surface area is 129 Å². The number of methoxy groups -OCH3 is 1. The van der Waals surface area contributed by atoms with E-state index in [0.29, 0.717) is 11.1 Å². The van der Waals surface area contributed by atoms with E-state index in [1.54, 1.807) is 7.11 Å². The Kier molecular flexibility index (Phi) is 5.17. The summed E-state index contributed by atoms with van der Waals surface area (Å²) < 4.78 is 44.2. The monoisotopic (exact) mass is 316 g/mol. The summed E-state index contributed by atoms with van der Waals surface area (Å²) in [5.41, 5.74) is 0.135. The number of aliphatic hydroxyl groups excluding tert-OH is 1. The summed E-state index contributed by atoms with van der Waals surface area (Å²) in [5.74, 6) is 0. The topological polar surface area (TPSA) is 29.5 Å². The predicted molar refractivity (Wildman–Crippen MR) is 78.3 cm³/mol. The lowest BCUT2D eigenvalue weighted by Gasteiger charge is -2.40. The van der Waals surface area contributed by atoms with Crippen LogP contribution in [-0.4, -0.2) is 12.2 Å². The van der Waals surface area contributed by atoms with Crippen LogP contribution in [0, 0.1) is 5.41 Å². The number of hydrogen-bond donors (Lipinski definition) is 1. The second-order valence-corrected chi connectivity index (χ2v) is 6.40. The van der Waals surface area contributed by atoms with Crippen LogP contribution in [0.4, 0.5) is 13.2 Å². The molecule has 0 spiro atoms. The molecule has 22 heavy (non-hydrogen) atoms. The van der Waals surface area contributed by atoms with Crippen LogP contribution in [0.3, 0.4) is 0 Å². The molecule has 0 bridgehead atoms. The molecule has 0 aliphatic heterocycles. The standard InChI is InChI=1S/C17H23F3O2/c1-16(8-4-3-5-9-16)15(22-2)14-7-6-13(17(18,19)20)10-12(14)11-21/h6-7,10,15,21H,3-5,8-9,11H2,1-2H3. The van der Waals surface area contributed by atoms with E-state index in [4.69, 9.17) is 4.74 Å². The van der Waals surface area contributed by atoms with Crippen molar-refractivity contribution in [3.05, 3.63) is 34.9 Å². The van der Waals surface area contributed by atoms with Gasteiger partial charge < -0.3 is 9.84 Å². The highest BCUT2D eigenvalue weighted by atomic mass is 19.4. The van der Waals surface area contributed by atoms with Gasteiger partial charge in [-0.1, -0.05) is 32.3 Å². The average Bonchev–Trinajstić information content (AvgIpc) is 2.47. The van der Waals surface area contributed by atoms with Crippen LogP contribution in [0.1, 0.15) is 61.8 Å². The van der Waals surface area contributed by atoms with Gasteiger partial charge in [0.25, 0.3) is 0 Å². The third-order valence-corrected chi connectivity index (χ3v) is 4.79. The highest BCUT2D eigenvalue weighted by Gasteiger charge is 2.38. The Morgan fingerprint density at radius 2 is 1.86 bits per heavy atom. The van der Waals surface area contributed by atoms with Gasteiger partial charge >= 0.3 is 6.18 Å².